The van der Waals surface area contributed by atoms with Crippen LogP contribution in [0.3, 0.4) is 0 Å². The minimum absolute atomic E-state index is 0.117. The summed E-state index contributed by atoms with van der Waals surface area (Å²) in [5.41, 5.74) is 0.429. The van der Waals surface area contributed by atoms with Gasteiger partial charge in [-0.25, -0.2) is 4.39 Å². The Kier molecular flexibility index (Phi) is 6.56. The van der Waals surface area contributed by atoms with Gasteiger partial charge in [-0.05, 0) is 85.5 Å². The van der Waals surface area contributed by atoms with E-state index in [0.29, 0.717) is 0 Å². The lowest BCUT2D eigenvalue weighted by Gasteiger charge is -2.32. The minimum atomic E-state index is -4.63. The summed E-state index contributed by atoms with van der Waals surface area (Å²) < 4.78 is 52.8. The minimum Gasteiger partial charge on any atom is -0.326 e. The summed E-state index contributed by atoms with van der Waals surface area (Å²) in [6.07, 6.45) is 0.389. The lowest BCUT2D eigenvalue weighted by Crippen LogP contribution is -2.29. The quantitative estimate of drug-likeness (QED) is 0.427. The smallest absolute Gasteiger partial charge is 0.326 e. The molecule has 1 aliphatic rings. The van der Waals surface area contributed by atoms with Crippen LogP contribution in [0.25, 0.3) is 10.9 Å². The highest BCUT2D eigenvalue weighted by Gasteiger charge is 2.34. The Hall–Kier alpha value is -3.47. The number of hydrogen-bond donors (Lipinski definition) is 1. The molecule has 1 heterocycles. The van der Waals surface area contributed by atoms with Crippen LogP contribution in [0, 0.1) is 29.0 Å². The van der Waals surface area contributed by atoms with E-state index in [4.69, 9.17) is 5.26 Å². The predicted octanol–water partition coefficient (Wildman–Crippen LogP) is 6.81. The lowest BCUT2D eigenvalue weighted by atomic mass is 9.73. The topological polar surface area (TPSA) is 65.8 Å². The maximum atomic E-state index is 13.8. The highest BCUT2D eigenvalue weighted by Crippen LogP contribution is 2.41. The highest BCUT2D eigenvalue weighted by molar-refractivity contribution is 5.92. The number of aromatic nitrogens is 1. The van der Waals surface area contributed by atoms with E-state index in [0.717, 1.165) is 54.3 Å². The van der Waals surface area contributed by atoms with Crippen LogP contribution in [0.1, 0.15) is 55.2 Å². The fourth-order valence-corrected chi connectivity index (χ4v) is 4.86. The molecule has 0 saturated heterocycles. The molecule has 0 unspecified atom stereocenters. The number of nitrogens with one attached hydrogen (secondary N) is 1. The maximum absolute atomic E-state index is 13.8. The molecule has 1 aliphatic carbocycles. The summed E-state index contributed by atoms with van der Waals surface area (Å²) in [6, 6.07) is 11.1. The molecule has 8 heteroatoms. The third-order valence-electron chi connectivity index (χ3n) is 6.78. The van der Waals surface area contributed by atoms with Crippen LogP contribution in [-0.4, -0.2) is 10.9 Å². The molecular formula is C26H23F4N3O. The van der Waals surface area contributed by atoms with Gasteiger partial charge in [-0.3, -0.25) is 9.78 Å². The second kappa shape index (κ2) is 9.41. The number of benzene rings is 2. The molecule has 1 saturated carbocycles. The van der Waals surface area contributed by atoms with Crippen molar-refractivity contribution in [2.45, 2.75) is 44.7 Å². The molecule has 0 spiro atoms. The lowest BCUT2D eigenvalue weighted by molar-refractivity contribution is -0.137. The molecule has 4 rings (SSSR count). The van der Waals surface area contributed by atoms with Crippen LogP contribution in [0.15, 0.2) is 48.7 Å². The van der Waals surface area contributed by atoms with E-state index < -0.39 is 17.3 Å². The van der Waals surface area contributed by atoms with E-state index in [-0.39, 0.29) is 35.2 Å². The van der Waals surface area contributed by atoms with Crippen LogP contribution in [0.2, 0.25) is 0 Å². The number of nitriles is 1. The van der Waals surface area contributed by atoms with Crippen LogP contribution in [0.5, 0.6) is 0 Å². The molecule has 3 aromatic rings. The van der Waals surface area contributed by atoms with Crippen LogP contribution in [0.4, 0.5) is 23.2 Å². The molecule has 1 fully saturated rings. The summed E-state index contributed by atoms with van der Waals surface area (Å²) in [5.74, 6) is -0.578. The summed E-state index contributed by atoms with van der Waals surface area (Å²) >= 11 is 0. The van der Waals surface area contributed by atoms with Crippen molar-refractivity contribution < 1.29 is 22.4 Å². The van der Waals surface area contributed by atoms with E-state index in [1.165, 1.54) is 18.2 Å². The van der Waals surface area contributed by atoms with Crippen molar-refractivity contribution in [1.82, 2.24) is 4.98 Å². The van der Waals surface area contributed by atoms with E-state index in [2.05, 4.69) is 10.3 Å². The molecule has 34 heavy (non-hydrogen) atoms. The summed E-state index contributed by atoms with van der Waals surface area (Å²) in [5, 5.41) is 12.5. The Morgan fingerprint density at radius 1 is 1.12 bits per heavy atom. The number of hydrogen-bond acceptors (Lipinski definition) is 3. The van der Waals surface area contributed by atoms with Gasteiger partial charge in [0.05, 0.1) is 22.7 Å². The molecule has 176 valence electrons. The van der Waals surface area contributed by atoms with Crippen LogP contribution in [-0.2, 0) is 11.0 Å². The third kappa shape index (κ3) is 4.89. The summed E-state index contributed by atoms with van der Waals surface area (Å²) in [7, 11) is 0. The van der Waals surface area contributed by atoms with Crippen molar-refractivity contribution in [3.8, 4) is 6.07 Å². The van der Waals surface area contributed by atoms with Gasteiger partial charge >= 0.3 is 6.18 Å². The van der Waals surface area contributed by atoms with Gasteiger partial charge in [-0.2, -0.15) is 18.4 Å². The van der Waals surface area contributed by atoms with Crippen molar-refractivity contribution in [1.29, 1.82) is 5.26 Å². The van der Waals surface area contributed by atoms with Gasteiger partial charge < -0.3 is 5.32 Å². The fourth-order valence-electron chi connectivity index (χ4n) is 4.86. The van der Waals surface area contributed by atoms with Gasteiger partial charge in [-0.1, -0.05) is 6.92 Å². The highest BCUT2D eigenvalue weighted by atomic mass is 19.4. The number of anilines is 1. The van der Waals surface area contributed by atoms with Gasteiger partial charge in [0.25, 0.3) is 0 Å². The number of carbonyl (C=O) groups excluding carboxylic acids is 1. The van der Waals surface area contributed by atoms with Gasteiger partial charge in [0.1, 0.15) is 5.82 Å². The number of halogens is 4. The zero-order valence-electron chi connectivity index (χ0n) is 18.5. The Morgan fingerprint density at radius 3 is 2.53 bits per heavy atom. The molecule has 4 nitrogen and oxygen atoms in total. The number of fused-ring (bicyclic) bond motifs is 1. The number of alkyl halides is 3. The molecule has 1 atom stereocenters. The van der Waals surface area contributed by atoms with Crippen molar-refractivity contribution in [3.05, 3.63) is 71.2 Å². The van der Waals surface area contributed by atoms with Gasteiger partial charge in [0.15, 0.2) is 0 Å². The first kappa shape index (κ1) is 23.7. The Morgan fingerprint density at radius 2 is 1.85 bits per heavy atom. The first-order valence-electron chi connectivity index (χ1n) is 11.1. The Balaban J connectivity index is 1.41. The van der Waals surface area contributed by atoms with Crippen molar-refractivity contribution in [2.24, 2.45) is 11.8 Å². The van der Waals surface area contributed by atoms with Crippen LogP contribution < -0.4 is 5.32 Å². The molecule has 1 aromatic heterocycles. The summed E-state index contributed by atoms with van der Waals surface area (Å²) in [4.78, 5) is 17.1. The van der Waals surface area contributed by atoms with E-state index in [1.807, 2.05) is 13.0 Å². The Bertz CT molecular complexity index is 1260. The van der Waals surface area contributed by atoms with Crippen molar-refractivity contribution in [2.75, 3.05) is 5.32 Å². The summed E-state index contributed by atoms with van der Waals surface area (Å²) in [6.45, 7) is 1.81. The van der Waals surface area contributed by atoms with E-state index in [9.17, 15) is 22.4 Å². The second-order valence-electron chi connectivity index (χ2n) is 8.82. The predicted molar refractivity (Wildman–Crippen MR) is 120 cm³/mol. The maximum Gasteiger partial charge on any atom is 0.417 e. The van der Waals surface area contributed by atoms with E-state index in [1.54, 1.807) is 18.3 Å². The van der Waals surface area contributed by atoms with Gasteiger partial charge in [0.2, 0.25) is 5.91 Å². The number of nitrogens with zero attached hydrogens (tertiary/aromatic N) is 2. The third-order valence-corrected chi connectivity index (χ3v) is 6.78. The average Bonchev–Trinajstić information content (AvgIpc) is 2.82. The number of rotatable bonds is 4. The molecule has 2 aromatic carbocycles. The molecule has 1 amide bonds. The molecule has 0 bridgehead atoms. The van der Waals surface area contributed by atoms with Crippen LogP contribution >= 0.6 is 0 Å². The molecule has 0 radical (unpaired) electrons. The number of amides is 1. The second-order valence-corrected chi connectivity index (χ2v) is 8.82. The zero-order valence-corrected chi connectivity index (χ0v) is 18.5. The van der Waals surface area contributed by atoms with Crippen molar-refractivity contribution in [3.63, 3.8) is 0 Å². The SMILES string of the molecule is C[C@@H](C(=O)Nc1ccc(C(F)(F)F)c(C#N)c1)[C@H]1CC[C@@H](c2ccnc3ccc(F)cc32)CC1. The standard InChI is InChI=1S/C26H23F4N3O/c1-15(25(34)33-20-7-8-23(26(28,29)30)18(12-20)14-31)16-2-4-17(5-3-16)21-10-11-32-24-9-6-19(27)13-22(21)24/h6-13,15-17H,2-5H2,1H3,(H,33,34)/t15-,16-,17+/m1/s1. The van der Waals surface area contributed by atoms with E-state index >= 15 is 0 Å². The largest absolute Gasteiger partial charge is 0.417 e. The van der Waals surface area contributed by atoms with Crippen molar-refractivity contribution >= 4 is 22.5 Å². The van der Waals surface area contributed by atoms with Gasteiger partial charge in [0, 0.05) is 23.2 Å². The first-order chi connectivity index (χ1) is 16.2. The van der Waals surface area contributed by atoms with Gasteiger partial charge in [-0.15, -0.1) is 0 Å². The Labute approximate surface area is 194 Å². The monoisotopic (exact) mass is 469 g/mol. The normalized spacial score (nSPS) is 19.4. The first-order valence-corrected chi connectivity index (χ1v) is 11.1. The molecule has 1 N–H and O–H groups in total. The zero-order chi connectivity index (χ0) is 24.5. The average molecular weight is 469 g/mol. The number of pyridine rings is 1. The number of carbonyl (C=O) groups is 1. The molecule has 0 aliphatic heterocycles. The fraction of sp³-hybridized carbons (Fsp3) is 0.346. The molecular weight excluding hydrogens is 446 g/mol.